The van der Waals surface area contributed by atoms with E-state index < -0.39 is 11.3 Å². The van der Waals surface area contributed by atoms with E-state index in [0.29, 0.717) is 4.34 Å². The highest BCUT2D eigenvalue weighted by atomic mass is 32.2. The van der Waals surface area contributed by atoms with Crippen molar-refractivity contribution >= 4 is 28.9 Å². The summed E-state index contributed by atoms with van der Waals surface area (Å²) >= 11 is 2.08. The molecule has 0 N–H and O–H groups in total. The van der Waals surface area contributed by atoms with Crippen molar-refractivity contribution in [2.75, 3.05) is 0 Å². The van der Waals surface area contributed by atoms with Crippen molar-refractivity contribution in [1.29, 1.82) is 0 Å². The monoisotopic (exact) mass is 206 g/mol. The molecule has 1 rings (SSSR count). The second-order valence-corrected chi connectivity index (χ2v) is 4.61. The first-order chi connectivity index (χ1) is 5.59. The van der Waals surface area contributed by atoms with Gasteiger partial charge in [0.05, 0.1) is 0 Å². The number of alkyl halides is 1. The Hall–Kier alpha value is -0.490. The van der Waals surface area contributed by atoms with Crippen LogP contribution in [0.4, 0.5) is 4.39 Å². The summed E-state index contributed by atoms with van der Waals surface area (Å²) < 4.78 is 13.3. The number of Topliss-reactive ketones (excluding diaryl/α,β-unsaturated/α-hetero) is 1. The first-order valence-electron chi connectivity index (χ1n) is 3.21. The summed E-state index contributed by atoms with van der Waals surface area (Å²) in [5.41, 5.74) is -1.52. The van der Waals surface area contributed by atoms with E-state index in [0.717, 1.165) is 16.8 Å². The zero-order valence-electron chi connectivity index (χ0n) is 6.57. The molecule has 0 aromatic carbocycles. The Morgan fingerprint density at radius 3 is 2.75 bits per heavy atom. The molecule has 3 nitrogen and oxygen atoms in total. The van der Waals surface area contributed by atoms with Crippen molar-refractivity contribution in [2.45, 2.75) is 23.7 Å². The van der Waals surface area contributed by atoms with E-state index in [2.05, 4.69) is 10.2 Å². The molecule has 12 heavy (non-hydrogen) atoms. The van der Waals surface area contributed by atoms with E-state index in [1.165, 1.54) is 18.3 Å². The molecule has 1 unspecified atom stereocenters. The van der Waals surface area contributed by atoms with Crippen LogP contribution < -0.4 is 0 Å². The van der Waals surface area contributed by atoms with Gasteiger partial charge in [0.15, 0.2) is 10.1 Å². The van der Waals surface area contributed by atoms with E-state index in [9.17, 15) is 9.18 Å². The number of hydrogen-bond donors (Lipinski definition) is 0. The summed E-state index contributed by atoms with van der Waals surface area (Å²) in [4.78, 5) is 10.5. The van der Waals surface area contributed by atoms with Gasteiger partial charge in [-0.1, -0.05) is 11.3 Å². The molecule has 1 heterocycles. The van der Waals surface area contributed by atoms with Crippen LogP contribution >= 0.6 is 23.1 Å². The first kappa shape index (κ1) is 9.60. The molecule has 0 bridgehead atoms. The number of hydrogen-bond acceptors (Lipinski definition) is 5. The summed E-state index contributed by atoms with van der Waals surface area (Å²) in [7, 11) is 0. The van der Waals surface area contributed by atoms with Crippen molar-refractivity contribution in [3.8, 4) is 0 Å². The number of aryl methyl sites for hydroxylation is 1. The normalized spacial score (nSPS) is 12.9. The molecule has 1 aromatic rings. The summed E-state index contributed by atoms with van der Waals surface area (Å²) in [5, 5.41) is 8.15. The molecule has 0 saturated carbocycles. The Balaban J connectivity index is 2.58. The Kier molecular flexibility index (Phi) is 3.16. The molecule has 0 radical (unpaired) electrons. The van der Waals surface area contributed by atoms with E-state index in [-0.39, 0.29) is 0 Å². The SMILES string of the molecule is CC(=O)C(F)Sc1nnc(C)s1. The Morgan fingerprint density at radius 2 is 2.33 bits per heavy atom. The van der Waals surface area contributed by atoms with Crippen LogP contribution in [0.3, 0.4) is 0 Å². The molecule has 0 aliphatic heterocycles. The fourth-order valence-electron chi connectivity index (χ4n) is 0.498. The molecule has 0 amide bonds. The predicted molar refractivity (Wildman–Crippen MR) is 46.1 cm³/mol. The van der Waals surface area contributed by atoms with Gasteiger partial charge in [-0.15, -0.1) is 10.2 Å². The molecule has 0 aliphatic rings. The molecular formula is C6H7FN2OS2. The van der Waals surface area contributed by atoms with Crippen molar-refractivity contribution < 1.29 is 9.18 Å². The van der Waals surface area contributed by atoms with Gasteiger partial charge in [0, 0.05) is 0 Å². The van der Waals surface area contributed by atoms with Crippen LogP contribution in [0.1, 0.15) is 11.9 Å². The lowest BCUT2D eigenvalue weighted by Crippen LogP contribution is -2.05. The third-order valence-corrected chi connectivity index (χ3v) is 3.03. The highest BCUT2D eigenvalue weighted by molar-refractivity contribution is 8.02. The number of aromatic nitrogens is 2. The smallest absolute Gasteiger partial charge is 0.210 e. The van der Waals surface area contributed by atoms with Crippen molar-refractivity contribution in [1.82, 2.24) is 10.2 Å². The zero-order chi connectivity index (χ0) is 9.14. The maximum absolute atomic E-state index is 12.8. The number of ketones is 1. The van der Waals surface area contributed by atoms with E-state index in [1.54, 1.807) is 6.92 Å². The summed E-state index contributed by atoms with van der Waals surface area (Å²) in [5.74, 6) is -0.493. The van der Waals surface area contributed by atoms with Gasteiger partial charge < -0.3 is 0 Å². The quantitative estimate of drug-likeness (QED) is 0.707. The number of rotatable bonds is 3. The van der Waals surface area contributed by atoms with Crippen molar-refractivity contribution in [3.63, 3.8) is 0 Å². The van der Waals surface area contributed by atoms with Gasteiger partial charge in [0.2, 0.25) is 5.50 Å². The van der Waals surface area contributed by atoms with Gasteiger partial charge in [0.1, 0.15) is 5.01 Å². The maximum atomic E-state index is 12.8. The lowest BCUT2D eigenvalue weighted by atomic mass is 10.5. The van der Waals surface area contributed by atoms with Gasteiger partial charge in [-0.05, 0) is 25.6 Å². The van der Waals surface area contributed by atoms with E-state index >= 15 is 0 Å². The minimum absolute atomic E-state index is 0.493. The second kappa shape index (κ2) is 3.95. The largest absolute Gasteiger partial charge is 0.296 e. The third kappa shape index (κ3) is 2.53. The fraction of sp³-hybridized carbons (Fsp3) is 0.500. The average molecular weight is 206 g/mol. The molecule has 0 saturated heterocycles. The molecule has 66 valence electrons. The Labute approximate surface area is 77.4 Å². The number of nitrogens with zero attached hydrogens (tertiary/aromatic N) is 2. The standard InChI is InChI=1S/C6H7FN2OS2/c1-3(10)5(7)12-6-9-8-4(2)11-6/h5H,1-2H3. The van der Waals surface area contributed by atoms with Gasteiger partial charge >= 0.3 is 0 Å². The Bertz CT molecular complexity index is 289. The van der Waals surface area contributed by atoms with Crippen LogP contribution in [0.5, 0.6) is 0 Å². The van der Waals surface area contributed by atoms with Crippen LogP contribution in [-0.4, -0.2) is 21.5 Å². The molecule has 0 spiro atoms. The van der Waals surface area contributed by atoms with Gasteiger partial charge in [0.25, 0.3) is 0 Å². The van der Waals surface area contributed by atoms with Crippen LogP contribution in [0.25, 0.3) is 0 Å². The molecular weight excluding hydrogens is 199 g/mol. The maximum Gasteiger partial charge on any atom is 0.210 e. The number of thioether (sulfide) groups is 1. The first-order valence-corrected chi connectivity index (χ1v) is 4.90. The van der Waals surface area contributed by atoms with Crippen LogP contribution in [0.15, 0.2) is 4.34 Å². The summed E-state index contributed by atoms with van der Waals surface area (Å²) in [6, 6.07) is 0. The number of carbonyl (C=O) groups excluding carboxylic acids is 1. The highest BCUT2D eigenvalue weighted by Gasteiger charge is 2.15. The van der Waals surface area contributed by atoms with E-state index in [1.807, 2.05) is 0 Å². The Morgan fingerprint density at radius 1 is 1.67 bits per heavy atom. The van der Waals surface area contributed by atoms with Crippen molar-refractivity contribution in [3.05, 3.63) is 5.01 Å². The van der Waals surface area contributed by atoms with Gasteiger partial charge in [-0.25, -0.2) is 4.39 Å². The highest BCUT2D eigenvalue weighted by Crippen LogP contribution is 2.27. The fourth-order valence-corrected chi connectivity index (χ4v) is 2.15. The predicted octanol–water partition coefficient (Wildman–Crippen LogP) is 1.82. The molecule has 0 aliphatic carbocycles. The molecule has 0 fully saturated rings. The minimum Gasteiger partial charge on any atom is -0.296 e. The second-order valence-electron chi connectivity index (χ2n) is 2.13. The van der Waals surface area contributed by atoms with Gasteiger partial charge in [-0.2, -0.15) is 0 Å². The topological polar surface area (TPSA) is 42.9 Å². The molecule has 1 atom stereocenters. The lowest BCUT2D eigenvalue weighted by Gasteiger charge is -1.97. The van der Waals surface area contributed by atoms with E-state index in [4.69, 9.17) is 0 Å². The zero-order valence-corrected chi connectivity index (χ0v) is 8.21. The number of carbonyl (C=O) groups is 1. The van der Waals surface area contributed by atoms with Crippen LogP contribution in [0, 0.1) is 6.92 Å². The number of halogens is 1. The minimum atomic E-state index is -1.52. The molecule has 6 heteroatoms. The van der Waals surface area contributed by atoms with Crippen LogP contribution in [-0.2, 0) is 4.79 Å². The third-order valence-electron chi connectivity index (χ3n) is 1.03. The summed E-state index contributed by atoms with van der Waals surface area (Å²) in [6.07, 6.45) is 0. The summed E-state index contributed by atoms with van der Waals surface area (Å²) in [6.45, 7) is 2.99. The van der Waals surface area contributed by atoms with Crippen LogP contribution in [0.2, 0.25) is 0 Å². The molecule has 1 aromatic heterocycles. The van der Waals surface area contributed by atoms with Crippen molar-refractivity contribution in [2.24, 2.45) is 0 Å². The van der Waals surface area contributed by atoms with Gasteiger partial charge in [-0.3, -0.25) is 4.79 Å². The lowest BCUT2D eigenvalue weighted by molar-refractivity contribution is -0.118. The average Bonchev–Trinajstić information content (AvgIpc) is 2.35.